The SMILES string of the molecule is CC(Nc1cccc(S(C)(=O)=O)c1)c1cc(F)cc(F)c1. The number of sulfone groups is 1. The standard InChI is InChI=1S/C15H15F2NO2S/c1-10(11-6-12(16)8-13(17)7-11)18-14-4-3-5-15(9-14)21(2,19)20/h3-10,18H,1-2H3. The van der Waals surface area contributed by atoms with Crippen molar-refractivity contribution in [3.05, 3.63) is 59.7 Å². The van der Waals surface area contributed by atoms with Gasteiger partial charge in [0.15, 0.2) is 9.84 Å². The van der Waals surface area contributed by atoms with Crippen LogP contribution >= 0.6 is 0 Å². The van der Waals surface area contributed by atoms with E-state index in [2.05, 4.69) is 5.32 Å². The maximum atomic E-state index is 13.2. The van der Waals surface area contributed by atoms with Crippen LogP contribution in [0.1, 0.15) is 18.5 Å². The van der Waals surface area contributed by atoms with Gasteiger partial charge in [0.25, 0.3) is 0 Å². The number of hydrogen-bond donors (Lipinski definition) is 1. The third kappa shape index (κ3) is 4.01. The molecule has 112 valence electrons. The molecule has 2 aromatic carbocycles. The molecule has 3 nitrogen and oxygen atoms in total. The van der Waals surface area contributed by atoms with Crippen LogP contribution in [0.15, 0.2) is 47.4 Å². The highest BCUT2D eigenvalue weighted by molar-refractivity contribution is 7.90. The summed E-state index contributed by atoms with van der Waals surface area (Å²) >= 11 is 0. The van der Waals surface area contributed by atoms with Gasteiger partial charge in [-0.3, -0.25) is 0 Å². The van der Waals surface area contributed by atoms with E-state index >= 15 is 0 Å². The van der Waals surface area contributed by atoms with Gasteiger partial charge in [-0.25, -0.2) is 17.2 Å². The molecular formula is C15H15F2NO2S. The van der Waals surface area contributed by atoms with Crippen LogP contribution in [0.4, 0.5) is 14.5 Å². The Balaban J connectivity index is 2.25. The van der Waals surface area contributed by atoms with Crippen LogP contribution in [0.25, 0.3) is 0 Å². The molecule has 2 aromatic rings. The Morgan fingerprint density at radius 1 is 1.05 bits per heavy atom. The molecule has 0 heterocycles. The first-order chi connectivity index (χ1) is 9.75. The van der Waals surface area contributed by atoms with Crippen molar-refractivity contribution in [3.8, 4) is 0 Å². The lowest BCUT2D eigenvalue weighted by molar-refractivity contribution is 0.577. The maximum absolute atomic E-state index is 13.2. The van der Waals surface area contributed by atoms with Gasteiger partial charge in [0.05, 0.1) is 4.90 Å². The van der Waals surface area contributed by atoms with Crippen LogP contribution in [0, 0.1) is 11.6 Å². The van der Waals surface area contributed by atoms with E-state index < -0.39 is 21.5 Å². The van der Waals surface area contributed by atoms with Gasteiger partial charge in [-0.2, -0.15) is 0 Å². The van der Waals surface area contributed by atoms with Gasteiger partial charge in [-0.1, -0.05) is 6.07 Å². The van der Waals surface area contributed by atoms with Crippen molar-refractivity contribution in [3.63, 3.8) is 0 Å². The fraction of sp³-hybridized carbons (Fsp3) is 0.200. The minimum absolute atomic E-state index is 0.185. The number of hydrogen-bond acceptors (Lipinski definition) is 3. The number of halogens is 2. The van der Waals surface area contributed by atoms with Crippen molar-refractivity contribution in [1.29, 1.82) is 0 Å². The summed E-state index contributed by atoms with van der Waals surface area (Å²) in [6.07, 6.45) is 1.12. The number of anilines is 1. The highest BCUT2D eigenvalue weighted by Crippen LogP contribution is 2.23. The van der Waals surface area contributed by atoms with Crippen molar-refractivity contribution in [2.45, 2.75) is 17.9 Å². The zero-order chi connectivity index (χ0) is 15.6. The molecule has 0 aliphatic rings. The lowest BCUT2D eigenvalue weighted by atomic mass is 10.1. The molecule has 0 saturated carbocycles. The molecule has 0 aliphatic heterocycles. The minimum Gasteiger partial charge on any atom is -0.378 e. The highest BCUT2D eigenvalue weighted by atomic mass is 32.2. The molecule has 1 N–H and O–H groups in total. The first-order valence-corrected chi connectivity index (χ1v) is 8.17. The second-order valence-corrected chi connectivity index (χ2v) is 6.88. The van der Waals surface area contributed by atoms with Gasteiger partial charge in [0.1, 0.15) is 11.6 Å². The molecule has 0 spiro atoms. The summed E-state index contributed by atoms with van der Waals surface area (Å²) in [6, 6.07) is 9.19. The second-order valence-electron chi connectivity index (χ2n) is 4.87. The Bertz CT molecular complexity index is 740. The molecule has 6 heteroatoms. The van der Waals surface area contributed by atoms with E-state index in [9.17, 15) is 17.2 Å². The van der Waals surface area contributed by atoms with Gasteiger partial charge in [-0.05, 0) is 42.8 Å². The molecule has 1 unspecified atom stereocenters. The van der Waals surface area contributed by atoms with Crippen LogP contribution in [-0.2, 0) is 9.84 Å². The fourth-order valence-corrected chi connectivity index (χ4v) is 2.64. The first kappa shape index (κ1) is 15.4. The van der Waals surface area contributed by atoms with Crippen LogP contribution in [0.3, 0.4) is 0 Å². The van der Waals surface area contributed by atoms with Gasteiger partial charge >= 0.3 is 0 Å². The van der Waals surface area contributed by atoms with E-state index in [4.69, 9.17) is 0 Å². The summed E-state index contributed by atoms with van der Waals surface area (Å²) in [5, 5.41) is 3.03. The summed E-state index contributed by atoms with van der Waals surface area (Å²) in [5.41, 5.74) is 1.01. The zero-order valence-corrected chi connectivity index (χ0v) is 12.4. The minimum atomic E-state index is -3.30. The van der Waals surface area contributed by atoms with Crippen LogP contribution in [0.5, 0.6) is 0 Å². The van der Waals surface area contributed by atoms with Gasteiger partial charge in [0, 0.05) is 24.1 Å². The van der Waals surface area contributed by atoms with Crippen LogP contribution in [-0.4, -0.2) is 14.7 Å². The summed E-state index contributed by atoms with van der Waals surface area (Å²) in [4.78, 5) is 0.185. The molecule has 0 radical (unpaired) electrons. The number of benzene rings is 2. The Kier molecular flexibility index (Phi) is 4.27. The predicted molar refractivity (Wildman–Crippen MR) is 77.9 cm³/mol. The molecule has 0 amide bonds. The van der Waals surface area contributed by atoms with Gasteiger partial charge in [0.2, 0.25) is 0 Å². The lowest BCUT2D eigenvalue weighted by Crippen LogP contribution is -2.08. The third-order valence-corrected chi connectivity index (χ3v) is 4.14. The Labute approximate surface area is 122 Å². The normalized spacial score (nSPS) is 13.0. The number of nitrogens with one attached hydrogen (secondary N) is 1. The molecule has 0 aromatic heterocycles. The molecule has 21 heavy (non-hydrogen) atoms. The predicted octanol–water partition coefficient (Wildman–Crippen LogP) is 3.54. The topological polar surface area (TPSA) is 46.2 Å². The molecule has 0 saturated heterocycles. The Hall–Kier alpha value is -1.95. The second kappa shape index (κ2) is 5.81. The molecular weight excluding hydrogens is 296 g/mol. The van der Waals surface area contributed by atoms with Crippen molar-refractivity contribution < 1.29 is 17.2 Å². The summed E-state index contributed by atoms with van der Waals surface area (Å²) in [7, 11) is -3.30. The lowest BCUT2D eigenvalue weighted by Gasteiger charge is -2.16. The van der Waals surface area contributed by atoms with Gasteiger partial charge in [-0.15, -0.1) is 0 Å². The van der Waals surface area contributed by atoms with E-state index in [1.807, 2.05) is 0 Å². The van der Waals surface area contributed by atoms with Crippen LogP contribution < -0.4 is 5.32 Å². The molecule has 0 bridgehead atoms. The average molecular weight is 311 g/mol. The molecule has 0 aliphatic carbocycles. The van der Waals surface area contributed by atoms with Gasteiger partial charge < -0.3 is 5.32 Å². The smallest absolute Gasteiger partial charge is 0.175 e. The molecule has 2 rings (SSSR count). The van der Waals surface area contributed by atoms with Crippen molar-refractivity contribution in [1.82, 2.24) is 0 Å². The fourth-order valence-electron chi connectivity index (χ4n) is 1.98. The monoisotopic (exact) mass is 311 g/mol. The molecule has 1 atom stereocenters. The molecule has 0 fully saturated rings. The van der Waals surface area contributed by atoms with Crippen molar-refractivity contribution >= 4 is 15.5 Å². The van der Waals surface area contributed by atoms with Crippen LogP contribution in [0.2, 0.25) is 0 Å². The highest BCUT2D eigenvalue weighted by Gasteiger charge is 2.11. The van der Waals surface area contributed by atoms with E-state index in [0.29, 0.717) is 11.3 Å². The van der Waals surface area contributed by atoms with E-state index in [1.165, 1.54) is 24.3 Å². The first-order valence-electron chi connectivity index (χ1n) is 6.28. The van der Waals surface area contributed by atoms with E-state index in [-0.39, 0.29) is 10.9 Å². The van der Waals surface area contributed by atoms with E-state index in [1.54, 1.807) is 19.1 Å². The van der Waals surface area contributed by atoms with Crippen molar-refractivity contribution in [2.24, 2.45) is 0 Å². The average Bonchev–Trinajstić information content (AvgIpc) is 2.37. The quantitative estimate of drug-likeness (QED) is 0.939. The summed E-state index contributed by atoms with van der Waals surface area (Å²) in [5.74, 6) is -1.30. The zero-order valence-electron chi connectivity index (χ0n) is 11.6. The Morgan fingerprint density at radius 2 is 1.67 bits per heavy atom. The summed E-state index contributed by atoms with van der Waals surface area (Å²) in [6.45, 7) is 1.74. The van der Waals surface area contributed by atoms with E-state index in [0.717, 1.165) is 12.3 Å². The summed E-state index contributed by atoms with van der Waals surface area (Å²) < 4.78 is 49.4. The number of rotatable bonds is 4. The Morgan fingerprint density at radius 3 is 2.24 bits per heavy atom. The third-order valence-electron chi connectivity index (χ3n) is 3.03. The maximum Gasteiger partial charge on any atom is 0.175 e. The largest absolute Gasteiger partial charge is 0.378 e. The van der Waals surface area contributed by atoms with Crippen molar-refractivity contribution in [2.75, 3.05) is 11.6 Å².